The van der Waals surface area contributed by atoms with Crippen LogP contribution >= 0.6 is 11.6 Å². The summed E-state index contributed by atoms with van der Waals surface area (Å²) in [4.78, 5) is 48.2. The number of anilines is 2. The van der Waals surface area contributed by atoms with Gasteiger partial charge in [0.25, 0.3) is 0 Å². The van der Waals surface area contributed by atoms with Gasteiger partial charge in [-0.2, -0.15) is 0 Å². The highest BCUT2D eigenvalue weighted by Gasteiger charge is 2.44. The molecule has 2 aliphatic heterocycles. The van der Waals surface area contributed by atoms with Gasteiger partial charge in [-0.3, -0.25) is 14.5 Å². The zero-order chi connectivity index (χ0) is 38.1. The van der Waals surface area contributed by atoms with Crippen LogP contribution < -0.4 is 19.3 Å². The number of hydrogen-bond acceptors (Lipinski definition) is 7. The molecule has 11 heteroatoms. The number of likely N-dealkylation sites (N-methyl/N-ethyl adjacent to an activating group) is 1. The van der Waals surface area contributed by atoms with Crippen LogP contribution in [0.1, 0.15) is 89.5 Å². The normalized spacial score (nSPS) is 18.9. The maximum atomic E-state index is 14.1. The van der Waals surface area contributed by atoms with Gasteiger partial charge in [0.2, 0.25) is 11.8 Å². The first-order chi connectivity index (χ1) is 25.2. The number of ether oxygens (including phenoxy) is 3. The Labute approximate surface area is 318 Å². The van der Waals surface area contributed by atoms with Crippen LogP contribution in [0.4, 0.5) is 16.2 Å². The monoisotopic (exact) mass is 744 g/mol. The maximum absolute atomic E-state index is 14.1. The van der Waals surface area contributed by atoms with Gasteiger partial charge in [-0.05, 0) is 113 Å². The third-order valence-corrected chi connectivity index (χ3v) is 10.7. The third-order valence-electron chi connectivity index (χ3n) is 10.5. The average molecular weight is 745 g/mol. The first-order valence-corrected chi connectivity index (χ1v) is 19.1. The summed E-state index contributed by atoms with van der Waals surface area (Å²) in [5, 5.41) is 0.621. The summed E-state index contributed by atoms with van der Waals surface area (Å²) in [6.07, 6.45) is 4.77. The minimum absolute atomic E-state index is 0.0225. The lowest BCUT2D eigenvalue weighted by Crippen LogP contribution is -2.64. The van der Waals surface area contributed by atoms with Crippen molar-refractivity contribution >= 4 is 40.9 Å². The molecule has 2 heterocycles. The zero-order valence-electron chi connectivity index (χ0n) is 32.1. The summed E-state index contributed by atoms with van der Waals surface area (Å²) in [7, 11) is 3.68. The van der Waals surface area contributed by atoms with Crippen molar-refractivity contribution in [3.63, 3.8) is 0 Å². The van der Waals surface area contributed by atoms with Crippen LogP contribution in [0.5, 0.6) is 11.5 Å². The molecular weight excluding hydrogens is 692 g/mol. The standard InChI is InChI=1S/C42H53ClN4O6/c1-28(2)52-36-25-34-30(23-35(36)51-7)24-37(48)47(39(34)29-11-13-31(43)14-12-29)33-17-15-32(16-18-33)44(6)27-42(19-9-8-10-20-42)46-22-21-45(26-38(46)49)40(50)53-41(3,4)5/h11-18,23,25,28,39H,8-10,19-22,24,26-27H2,1-7H3/t39-/m0/s1. The Kier molecular flexibility index (Phi) is 11.2. The van der Waals surface area contributed by atoms with Crippen LogP contribution in [-0.4, -0.2) is 85.3 Å². The van der Waals surface area contributed by atoms with Crippen molar-refractivity contribution in [3.05, 3.63) is 82.4 Å². The number of rotatable bonds is 9. The highest BCUT2D eigenvalue weighted by atomic mass is 35.5. The average Bonchev–Trinajstić information content (AvgIpc) is 3.11. The predicted molar refractivity (Wildman–Crippen MR) is 208 cm³/mol. The largest absolute Gasteiger partial charge is 0.493 e. The van der Waals surface area contributed by atoms with Gasteiger partial charge >= 0.3 is 6.09 Å². The van der Waals surface area contributed by atoms with Gasteiger partial charge in [0.05, 0.1) is 31.2 Å². The molecule has 10 nitrogen and oxygen atoms in total. The number of amides is 3. The third kappa shape index (κ3) is 8.38. The number of carbonyl (C=O) groups is 3. The maximum Gasteiger partial charge on any atom is 0.410 e. The molecule has 3 amide bonds. The SMILES string of the molecule is COc1cc2c(cc1OC(C)C)[C@H](c1ccc(Cl)cc1)N(c1ccc(N(C)CC3(N4CCN(C(=O)OC(C)(C)C)CC4=O)CCCCC3)cc1)C(=O)C2. The molecule has 6 rings (SSSR count). The lowest BCUT2D eigenvalue weighted by Gasteiger charge is -2.51. The summed E-state index contributed by atoms with van der Waals surface area (Å²) < 4.78 is 17.4. The zero-order valence-corrected chi connectivity index (χ0v) is 32.9. The summed E-state index contributed by atoms with van der Waals surface area (Å²) in [5.74, 6) is 1.17. The molecule has 0 radical (unpaired) electrons. The number of methoxy groups -OCH3 is 1. The fourth-order valence-corrected chi connectivity index (χ4v) is 8.24. The van der Waals surface area contributed by atoms with Crippen molar-refractivity contribution < 1.29 is 28.6 Å². The molecule has 0 spiro atoms. The number of hydrogen-bond donors (Lipinski definition) is 0. The molecule has 1 atom stereocenters. The minimum Gasteiger partial charge on any atom is -0.493 e. The first kappa shape index (κ1) is 38.3. The second-order valence-corrected chi connectivity index (χ2v) is 16.3. The quantitative estimate of drug-likeness (QED) is 0.219. The highest BCUT2D eigenvalue weighted by molar-refractivity contribution is 6.30. The van der Waals surface area contributed by atoms with Gasteiger partial charge in [0, 0.05) is 43.1 Å². The van der Waals surface area contributed by atoms with Crippen LogP contribution in [0, 0.1) is 0 Å². The van der Waals surface area contributed by atoms with Crippen LogP contribution in [0.25, 0.3) is 0 Å². The molecule has 1 saturated heterocycles. The lowest BCUT2D eigenvalue weighted by molar-refractivity contribution is -0.144. The summed E-state index contributed by atoms with van der Waals surface area (Å²) in [6.45, 7) is 11.1. The Hall–Kier alpha value is -4.44. The van der Waals surface area contributed by atoms with E-state index in [2.05, 4.69) is 24.1 Å². The van der Waals surface area contributed by atoms with Crippen molar-refractivity contribution in [1.82, 2.24) is 9.80 Å². The molecule has 0 N–H and O–H groups in total. The van der Waals surface area contributed by atoms with Crippen LogP contribution in [0.15, 0.2) is 60.7 Å². The van der Waals surface area contributed by atoms with Gasteiger partial charge in [-0.15, -0.1) is 0 Å². The Morgan fingerprint density at radius 1 is 0.943 bits per heavy atom. The smallest absolute Gasteiger partial charge is 0.410 e. The number of benzene rings is 3. The van der Waals surface area contributed by atoms with E-state index in [4.69, 9.17) is 25.8 Å². The van der Waals surface area contributed by atoms with Crippen molar-refractivity contribution in [2.45, 2.75) is 96.4 Å². The molecule has 3 aromatic carbocycles. The molecule has 1 saturated carbocycles. The second kappa shape index (κ2) is 15.5. The van der Waals surface area contributed by atoms with Gasteiger partial charge in [-0.1, -0.05) is 43.0 Å². The van der Waals surface area contributed by atoms with Gasteiger partial charge in [0.15, 0.2) is 11.5 Å². The van der Waals surface area contributed by atoms with Crippen LogP contribution in [0.2, 0.25) is 5.02 Å². The van der Waals surface area contributed by atoms with E-state index in [1.807, 2.05) is 92.9 Å². The topological polar surface area (TPSA) is 91.9 Å². The van der Waals surface area contributed by atoms with E-state index in [1.165, 1.54) is 4.90 Å². The van der Waals surface area contributed by atoms with Crippen molar-refractivity contribution in [3.8, 4) is 11.5 Å². The summed E-state index contributed by atoms with van der Waals surface area (Å²) in [6, 6.07) is 19.3. The van der Waals surface area contributed by atoms with E-state index < -0.39 is 17.7 Å². The van der Waals surface area contributed by atoms with E-state index in [0.29, 0.717) is 36.2 Å². The molecule has 0 unspecified atom stereocenters. The van der Waals surface area contributed by atoms with Gasteiger partial charge in [-0.25, -0.2) is 4.79 Å². The highest BCUT2D eigenvalue weighted by Crippen LogP contribution is 2.44. The summed E-state index contributed by atoms with van der Waals surface area (Å²) in [5.41, 5.74) is 3.61. The number of carbonyl (C=O) groups excluding carboxylic acids is 3. The van der Waals surface area contributed by atoms with E-state index in [-0.39, 0.29) is 36.4 Å². The summed E-state index contributed by atoms with van der Waals surface area (Å²) >= 11 is 6.31. The molecule has 1 aliphatic carbocycles. The van der Waals surface area contributed by atoms with Crippen LogP contribution in [-0.2, 0) is 20.7 Å². The minimum atomic E-state index is -0.622. The number of fused-ring (bicyclic) bond motifs is 1. The van der Waals surface area contributed by atoms with E-state index in [9.17, 15) is 14.4 Å². The van der Waals surface area contributed by atoms with Gasteiger partial charge in [0.1, 0.15) is 12.1 Å². The fraction of sp³-hybridized carbons (Fsp3) is 0.500. The lowest BCUT2D eigenvalue weighted by atomic mass is 9.79. The molecule has 0 aromatic heterocycles. The Bertz CT molecular complexity index is 1800. The molecule has 3 aromatic rings. The number of piperazine rings is 1. The van der Waals surface area contributed by atoms with Crippen LogP contribution in [0.3, 0.4) is 0 Å². The van der Waals surface area contributed by atoms with Crippen molar-refractivity contribution in [2.24, 2.45) is 0 Å². The number of nitrogens with zero attached hydrogens (tertiary/aromatic N) is 4. The second-order valence-electron chi connectivity index (χ2n) is 15.9. The molecule has 3 aliphatic rings. The molecular formula is C42H53ClN4O6. The number of halogens is 1. The van der Waals surface area contributed by atoms with E-state index in [0.717, 1.165) is 60.2 Å². The molecule has 53 heavy (non-hydrogen) atoms. The Balaban J connectivity index is 1.26. The molecule has 0 bridgehead atoms. The first-order valence-electron chi connectivity index (χ1n) is 18.7. The fourth-order valence-electron chi connectivity index (χ4n) is 8.11. The Morgan fingerprint density at radius 3 is 2.23 bits per heavy atom. The molecule has 2 fully saturated rings. The Morgan fingerprint density at radius 2 is 1.62 bits per heavy atom. The predicted octanol–water partition coefficient (Wildman–Crippen LogP) is 8.03. The molecule has 284 valence electrons. The van der Waals surface area contributed by atoms with Crippen molar-refractivity contribution in [1.29, 1.82) is 0 Å². The van der Waals surface area contributed by atoms with E-state index >= 15 is 0 Å². The van der Waals surface area contributed by atoms with E-state index in [1.54, 1.807) is 7.11 Å². The van der Waals surface area contributed by atoms with Crippen molar-refractivity contribution in [2.75, 3.05) is 50.1 Å². The van der Waals surface area contributed by atoms with Gasteiger partial charge < -0.3 is 28.9 Å².